The van der Waals surface area contributed by atoms with Gasteiger partial charge in [0.25, 0.3) is 0 Å². The van der Waals surface area contributed by atoms with Crippen LogP contribution in [0, 0.1) is 5.92 Å². The summed E-state index contributed by atoms with van der Waals surface area (Å²) in [5.41, 5.74) is 2.64. The third kappa shape index (κ3) is 0.867. The molecule has 2 nitrogen and oxygen atoms in total. The fourth-order valence-electron chi connectivity index (χ4n) is 2.42. The second-order valence-corrected chi connectivity index (χ2v) is 3.87. The third-order valence-electron chi connectivity index (χ3n) is 3.33. The van der Waals surface area contributed by atoms with E-state index in [1.54, 1.807) is 0 Å². The molecule has 0 saturated heterocycles. The van der Waals surface area contributed by atoms with Crippen molar-refractivity contribution in [3.63, 3.8) is 0 Å². The average Bonchev–Trinajstić information content (AvgIpc) is 2.08. The molecule has 0 aliphatic heterocycles. The zero-order chi connectivity index (χ0) is 7.03. The summed E-state index contributed by atoms with van der Waals surface area (Å²) in [5, 5.41) is 8.92. The van der Waals surface area contributed by atoms with Crippen LogP contribution in [0.4, 0.5) is 0 Å². The standard InChI is InChI=1S/C8H15NO/c10-9-8-4-1-7(2-5-8)3-6-8/h7,9-10H,1-6H2. The molecule has 0 unspecified atom stereocenters. The van der Waals surface area contributed by atoms with Crippen molar-refractivity contribution in [2.75, 3.05) is 0 Å². The number of hydrogen-bond donors (Lipinski definition) is 2. The van der Waals surface area contributed by atoms with Gasteiger partial charge in [0.1, 0.15) is 0 Å². The predicted octanol–water partition coefficient (Wildman–Crippen LogP) is 1.69. The van der Waals surface area contributed by atoms with E-state index in [1.807, 2.05) is 0 Å². The minimum Gasteiger partial charge on any atom is -0.316 e. The Hall–Kier alpha value is -0.0800. The van der Waals surface area contributed by atoms with Gasteiger partial charge in [0.15, 0.2) is 0 Å². The first-order chi connectivity index (χ1) is 4.85. The van der Waals surface area contributed by atoms with Crippen molar-refractivity contribution in [3.8, 4) is 0 Å². The maximum Gasteiger partial charge on any atom is 0.0430 e. The van der Waals surface area contributed by atoms with Crippen molar-refractivity contribution in [1.82, 2.24) is 5.48 Å². The van der Waals surface area contributed by atoms with Crippen LogP contribution in [-0.2, 0) is 0 Å². The van der Waals surface area contributed by atoms with Crippen LogP contribution in [0.2, 0.25) is 0 Å². The summed E-state index contributed by atoms with van der Waals surface area (Å²) in [4.78, 5) is 0. The SMILES string of the molecule is ONC12CCC(CC1)CC2. The van der Waals surface area contributed by atoms with Gasteiger partial charge in [0.05, 0.1) is 0 Å². The molecular weight excluding hydrogens is 126 g/mol. The molecule has 0 aromatic carbocycles. The van der Waals surface area contributed by atoms with Gasteiger partial charge in [-0.15, -0.1) is 0 Å². The highest BCUT2D eigenvalue weighted by Crippen LogP contribution is 2.43. The predicted molar refractivity (Wildman–Crippen MR) is 38.8 cm³/mol. The van der Waals surface area contributed by atoms with Crippen LogP contribution >= 0.6 is 0 Å². The van der Waals surface area contributed by atoms with Crippen LogP contribution in [0.5, 0.6) is 0 Å². The van der Waals surface area contributed by atoms with Crippen LogP contribution in [-0.4, -0.2) is 10.7 Å². The lowest BCUT2D eigenvalue weighted by atomic mass is 9.66. The van der Waals surface area contributed by atoms with Crippen LogP contribution in [0.1, 0.15) is 38.5 Å². The summed E-state index contributed by atoms with van der Waals surface area (Å²) in [5.74, 6) is 0.982. The Morgan fingerprint density at radius 1 is 1.10 bits per heavy atom. The highest BCUT2D eigenvalue weighted by molar-refractivity contribution is 4.95. The molecule has 0 atom stereocenters. The lowest BCUT2D eigenvalue weighted by Gasteiger charge is -2.45. The van der Waals surface area contributed by atoms with Crippen LogP contribution in [0.15, 0.2) is 0 Å². The molecule has 0 aromatic heterocycles. The highest BCUT2D eigenvalue weighted by atomic mass is 16.5. The fraction of sp³-hybridized carbons (Fsp3) is 1.00. The summed E-state index contributed by atoms with van der Waals surface area (Å²) in [6.07, 6.45) is 7.55. The number of rotatable bonds is 1. The highest BCUT2D eigenvalue weighted by Gasteiger charge is 2.39. The number of hydrogen-bond acceptors (Lipinski definition) is 2. The first-order valence-electron chi connectivity index (χ1n) is 4.26. The lowest BCUT2D eigenvalue weighted by molar-refractivity contribution is -0.00987. The van der Waals surface area contributed by atoms with Gasteiger partial charge in [-0.05, 0) is 44.4 Å². The topological polar surface area (TPSA) is 32.3 Å². The zero-order valence-electron chi connectivity index (χ0n) is 6.27. The molecule has 3 rings (SSSR count). The van der Waals surface area contributed by atoms with Crippen molar-refractivity contribution in [2.24, 2.45) is 5.92 Å². The zero-order valence-corrected chi connectivity index (χ0v) is 6.27. The second kappa shape index (κ2) is 2.21. The molecule has 0 radical (unpaired) electrons. The molecule has 3 aliphatic rings. The van der Waals surface area contributed by atoms with Gasteiger partial charge in [-0.3, -0.25) is 0 Å². The van der Waals surface area contributed by atoms with Gasteiger partial charge in [-0.2, -0.15) is 5.48 Å². The van der Waals surface area contributed by atoms with Gasteiger partial charge in [-0.1, -0.05) is 0 Å². The van der Waals surface area contributed by atoms with E-state index in [0.717, 1.165) is 5.92 Å². The Balaban J connectivity index is 2.08. The second-order valence-electron chi connectivity index (χ2n) is 3.87. The molecule has 0 amide bonds. The van der Waals surface area contributed by atoms with E-state index in [2.05, 4.69) is 5.48 Å². The molecule has 3 fully saturated rings. The van der Waals surface area contributed by atoms with Gasteiger partial charge in [0.2, 0.25) is 0 Å². The molecule has 2 bridgehead atoms. The molecule has 2 N–H and O–H groups in total. The normalized spacial score (nSPS) is 45.9. The number of nitrogens with one attached hydrogen (secondary N) is 1. The van der Waals surface area contributed by atoms with Gasteiger partial charge in [-0.25, -0.2) is 0 Å². The first-order valence-corrected chi connectivity index (χ1v) is 4.26. The summed E-state index contributed by atoms with van der Waals surface area (Å²) in [7, 11) is 0. The van der Waals surface area contributed by atoms with Crippen LogP contribution < -0.4 is 5.48 Å². The molecule has 10 heavy (non-hydrogen) atoms. The average molecular weight is 141 g/mol. The molecule has 0 heterocycles. The maximum absolute atomic E-state index is 8.92. The van der Waals surface area contributed by atoms with E-state index in [9.17, 15) is 0 Å². The van der Waals surface area contributed by atoms with E-state index in [1.165, 1.54) is 38.5 Å². The van der Waals surface area contributed by atoms with E-state index in [0.29, 0.717) is 0 Å². The van der Waals surface area contributed by atoms with Crippen molar-refractivity contribution < 1.29 is 5.21 Å². The maximum atomic E-state index is 8.92. The van der Waals surface area contributed by atoms with Gasteiger partial charge in [0, 0.05) is 5.54 Å². The van der Waals surface area contributed by atoms with E-state index < -0.39 is 0 Å². The largest absolute Gasteiger partial charge is 0.316 e. The number of hydroxylamine groups is 1. The minimum absolute atomic E-state index is 0.134. The minimum atomic E-state index is 0.134. The van der Waals surface area contributed by atoms with E-state index in [4.69, 9.17) is 5.21 Å². The molecule has 2 heteroatoms. The molecule has 0 spiro atoms. The van der Waals surface area contributed by atoms with Crippen molar-refractivity contribution >= 4 is 0 Å². The van der Waals surface area contributed by atoms with Gasteiger partial charge >= 0.3 is 0 Å². The Labute approximate surface area is 61.6 Å². The van der Waals surface area contributed by atoms with Gasteiger partial charge < -0.3 is 5.21 Å². The molecular formula is C8H15NO. The molecule has 0 aromatic rings. The fourth-order valence-corrected chi connectivity index (χ4v) is 2.42. The van der Waals surface area contributed by atoms with Crippen LogP contribution in [0.3, 0.4) is 0 Å². The molecule has 3 aliphatic carbocycles. The Morgan fingerprint density at radius 2 is 1.60 bits per heavy atom. The van der Waals surface area contributed by atoms with Crippen molar-refractivity contribution in [1.29, 1.82) is 0 Å². The third-order valence-corrected chi connectivity index (χ3v) is 3.33. The summed E-state index contributed by atoms with van der Waals surface area (Å²) in [6.45, 7) is 0. The molecule has 58 valence electrons. The number of fused-ring (bicyclic) bond motifs is 3. The van der Waals surface area contributed by atoms with Crippen LogP contribution in [0.25, 0.3) is 0 Å². The smallest absolute Gasteiger partial charge is 0.0430 e. The Kier molecular flexibility index (Phi) is 1.46. The quantitative estimate of drug-likeness (QED) is 0.545. The lowest BCUT2D eigenvalue weighted by Crippen LogP contribution is -2.50. The summed E-state index contributed by atoms with van der Waals surface area (Å²) in [6, 6.07) is 0. The Bertz CT molecular complexity index is 113. The van der Waals surface area contributed by atoms with E-state index in [-0.39, 0.29) is 5.54 Å². The Morgan fingerprint density at radius 3 is 1.90 bits per heavy atom. The first kappa shape index (κ1) is 6.62. The monoisotopic (exact) mass is 141 g/mol. The molecule has 3 saturated carbocycles. The van der Waals surface area contributed by atoms with Crippen molar-refractivity contribution in [3.05, 3.63) is 0 Å². The summed E-state index contributed by atoms with van der Waals surface area (Å²) < 4.78 is 0. The van der Waals surface area contributed by atoms with Crippen molar-refractivity contribution in [2.45, 2.75) is 44.1 Å². The van der Waals surface area contributed by atoms with E-state index >= 15 is 0 Å². The summed E-state index contributed by atoms with van der Waals surface area (Å²) >= 11 is 0.